The second-order valence-corrected chi connectivity index (χ2v) is 7.32. The lowest BCUT2D eigenvalue weighted by atomic mass is 9.95. The van der Waals surface area contributed by atoms with Gasteiger partial charge in [0, 0.05) is 35.9 Å². The number of fused-ring (bicyclic) bond motifs is 1. The topological polar surface area (TPSA) is 78.5 Å². The Hall–Kier alpha value is -2.83. The predicted octanol–water partition coefficient (Wildman–Crippen LogP) is 4.41. The molecule has 0 saturated carbocycles. The zero-order valence-electron chi connectivity index (χ0n) is 16.1. The summed E-state index contributed by atoms with van der Waals surface area (Å²) in [6, 6.07) is 14.2. The summed E-state index contributed by atoms with van der Waals surface area (Å²) in [5.74, 6) is 0.00420. The molecule has 0 radical (unpaired) electrons. The number of nitrogens with zero attached hydrogens (tertiary/aromatic N) is 2. The summed E-state index contributed by atoms with van der Waals surface area (Å²) in [4.78, 5) is 15.0. The van der Waals surface area contributed by atoms with Crippen LogP contribution in [-0.4, -0.2) is 45.9 Å². The summed E-state index contributed by atoms with van der Waals surface area (Å²) in [5.41, 5.74) is 3.27. The average Bonchev–Trinajstić information content (AvgIpc) is 3.25. The van der Waals surface area contributed by atoms with Gasteiger partial charge >= 0.3 is 0 Å². The lowest BCUT2D eigenvalue weighted by molar-refractivity contribution is 0.0710. The van der Waals surface area contributed by atoms with Gasteiger partial charge in [-0.1, -0.05) is 35.9 Å². The van der Waals surface area contributed by atoms with Crippen molar-refractivity contribution < 1.29 is 14.6 Å². The highest BCUT2D eigenvalue weighted by molar-refractivity contribution is 6.30. The Balaban J connectivity index is 1.79. The minimum atomic E-state index is -0.341. The van der Waals surface area contributed by atoms with Crippen molar-refractivity contribution in [1.29, 1.82) is 0 Å². The van der Waals surface area contributed by atoms with E-state index in [1.165, 1.54) is 0 Å². The molecule has 4 rings (SSSR count). The molecular formula is C22H22ClN3O3. The van der Waals surface area contributed by atoms with Crippen LogP contribution in [0.15, 0.2) is 48.5 Å². The molecule has 1 amide bonds. The van der Waals surface area contributed by atoms with Crippen molar-refractivity contribution in [3.8, 4) is 17.0 Å². The minimum absolute atomic E-state index is 0.115. The SMILES string of the molecule is CCOCCCN1C(=O)c2[nH]nc(-c3ccccc3O)c2[C@H]1c1cccc(Cl)c1. The van der Waals surface area contributed by atoms with Crippen molar-refractivity contribution in [2.24, 2.45) is 0 Å². The number of aromatic amines is 1. The number of carbonyl (C=O) groups excluding carboxylic acids is 1. The van der Waals surface area contributed by atoms with E-state index in [0.29, 0.717) is 41.7 Å². The van der Waals surface area contributed by atoms with Crippen LogP contribution in [0.5, 0.6) is 5.75 Å². The monoisotopic (exact) mass is 411 g/mol. The lowest BCUT2D eigenvalue weighted by Gasteiger charge is -2.26. The number of H-pyrrole nitrogens is 1. The van der Waals surface area contributed by atoms with Crippen LogP contribution in [0.3, 0.4) is 0 Å². The Kier molecular flexibility index (Phi) is 5.56. The number of phenols is 1. The Bertz CT molecular complexity index is 1030. The van der Waals surface area contributed by atoms with Crippen molar-refractivity contribution >= 4 is 17.5 Å². The third-order valence-electron chi connectivity index (χ3n) is 5.08. The highest BCUT2D eigenvalue weighted by Gasteiger charge is 2.42. The van der Waals surface area contributed by atoms with Gasteiger partial charge in [-0.25, -0.2) is 0 Å². The van der Waals surface area contributed by atoms with Crippen LogP contribution in [0.25, 0.3) is 11.3 Å². The third-order valence-corrected chi connectivity index (χ3v) is 5.31. The van der Waals surface area contributed by atoms with Gasteiger partial charge in [0.1, 0.15) is 17.1 Å². The molecule has 1 atom stereocenters. The fourth-order valence-corrected chi connectivity index (χ4v) is 4.01. The number of hydrogen-bond acceptors (Lipinski definition) is 4. The molecule has 0 fully saturated rings. The van der Waals surface area contributed by atoms with E-state index in [0.717, 1.165) is 17.5 Å². The molecule has 7 heteroatoms. The molecule has 1 aliphatic heterocycles. The van der Waals surface area contributed by atoms with E-state index in [9.17, 15) is 9.90 Å². The molecule has 6 nitrogen and oxygen atoms in total. The van der Waals surface area contributed by atoms with Crippen LogP contribution in [0.4, 0.5) is 0 Å². The Morgan fingerprint density at radius 2 is 2.07 bits per heavy atom. The van der Waals surface area contributed by atoms with Gasteiger partial charge in [0.15, 0.2) is 0 Å². The maximum absolute atomic E-state index is 13.2. The number of hydrogen-bond donors (Lipinski definition) is 2. The number of nitrogens with one attached hydrogen (secondary N) is 1. The van der Waals surface area contributed by atoms with Crippen LogP contribution in [0, 0.1) is 0 Å². The number of para-hydroxylation sites is 1. The summed E-state index contributed by atoms with van der Waals surface area (Å²) in [6.07, 6.45) is 0.722. The molecule has 1 aromatic heterocycles. The van der Waals surface area contributed by atoms with Crippen LogP contribution < -0.4 is 0 Å². The molecule has 29 heavy (non-hydrogen) atoms. The number of benzene rings is 2. The van der Waals surface area contributed by atoms with E-state index >= 15 is 0 Å². The summed E-state index contributed by atoms with van der Waals surface area (Å²) >= 11 is 6.25. The standard InChI is InChI=1S/C22H22ClN3O3/c1-2-29-12-6-11-26-21(14-7-5-8-15(23)13-14)18-19(24-25-20(18)22(26)28)16-9-3-4-10-17(16)27/h3-5,7-10,13,21,27H,2,6,11-12H2,1H3,(H,24,25)/t21-/m1/s1. The first-order chi connectivity index (χ1) is 14.1. The predicted molar refractivity (Wildman–Crippen MR) is 111 cm³/mol. The van der Waals surface area contributed by atoms with Gasteiger partial charge in [-0.3, -0.25) is 9.89 Å². The minimum Gasteiger partial charge on any atom is -0.507 e. The fraction of sp³-hybridized carbons (Fsp3) is 0.273. The van der Waals surface area contributed by atoms with Crippen molar-refractivity contribution in [2.75, 3.05) is 19.8 Å². The molecule has 0 unspecified atom stereocenters. The van der Waals surface area contributed by atoms with E-state index in [4.69, 9.17) is 16.3 Å². The summed E-state index contributed by atoms with van der Waals surface area (Å²) < 4.78 is 5.44. The van der Waals surface area contributed by atoms with Crippen LogP contribution in [0.1, 0.15) is 41.0 Å². The number of amides is 1. The molecular weight excluding hydrogens is 390 g/mol. The molecule has 0 bridgehead atoms. The highest BCUT2D eigenvalue weighted by atomic mass is 35.5. The summed E-state index contributed by atoms with van der Waals surface area (Å²) in [6.45, 7) is 3.72. The molecule has 0 aliphatic carbocycles. The van der Waals surface area contributed by atoms with Crippen molar-refractivity contribution in [3.05, 3.63) is 70.4 Å². The Morgan fingerprint density at radius 1 is 1.24 bits per heavy atom. The molecule has 3 aromatic rings. The molecule has 2 heterocycles. The van der Waals surface area contributed by atoms with E-state index < -0.39 is 0 Å². The number of phenolic OH excluding ortho intramolecular Hbond substituents is 1. The highest BCUT2D eigenvalue weighted by Crippen LogP contribution is 2.44. The number of aromatic hydroxyl groups is 1. The van der Waals surface area contributed by atoms with Crippen LogP contribution in [-0.2, 0) is 4.74 Å². The second kappa shape index (κ2) is 8.27. The fourth-order valence-electron chi connectivity index (χ4n) is 3.81. The summed E-state index contributed by atoms with van der Waals surface area (Å²) in [5, 5.41) is 18.2. The number of halogens is 1. The lowest BCUT2D eigenvalue weighted by Crippen LogP contribution is -2.31. The van der Waals surface area contributed by atoms with E-state index in [1.54, 1.807) is 18.2 Å². The van der Waals surface area contributed by atoms with Gasteiger partial charge < -0.3 is 14.7 Å². The number of carbonyl (C=O) groups is 1. The smallest absolute Gasteiger partial charge is 0.273 e. The Labute approximate surface area is 174 Å². The third kappa shape index (κ3) is 3.61. The van der Waals surface area contributed by atoms with Gasteiger partial charge in [0.05, 0.1) is 6.04 Å². The van der Waals surface area contributed by atoms with Crippen LogP contribution in [0.2, 0.25) is 5.02 Å². The molecule has 1 aliphatic rings. The first-order valence-electron chi connectivity index (χ1n) is 9.62. The van der Waals surface area contributed by atoms with Crippen molar-refractivity contribution in [2.45, 2.75) is 19.4 Å². The first kappa shape index (κ1) is 19.5. The molecule has 0 spiro atoms. The largest absolute Gasteiger partial charge is 0.507 e. The van der Waals surface area contributed by atoms with Gasteiger partial charge in [0.25, 0.3) is 5.91 Å². The molecule has 2 N–H and O–H groups in total. The maximum atomic E-state index is 13.2. The number of ether oxygens (including phenoxy) is 1. The number of rotatable bonds is 7. The van der Waals surface area contributed by atoms with Gasteiger partial charge in [-0.15, -0.1) is 0 Å². The van der Waals surface area contributed by atoms with Gasteiger partial charge in [-0.2, -0.15) is 5.10 Å². The summed E-state index contributed by atoms with van der Waals surface area (Å²) in [7, 11) is 0. The molecule has 2 aromatic carbocycles. The quantitative estimate of drug-likeness (QED) is 0.564. The molecule has 0 saturated heterocycles. The normalized spacial score (nSPS) is 15.7. The van der Waals surface area contributed by atoms with Gasteiger partial charge in [-0.05, 0) is 43.2 Å². The first-order valence-corrected chi connectivity index (χ1v) is 10.0. The Morgan fingerprint density at radius 3 is 2.83 bits per heavy atom. The van der Waals surface area contributed by atoms with E-state index in [-0.39, 0.29) is 17.7 Å². The molecule has 150 valence electrons. The van der Waals surface area contributed by atoms with E-state index in [2.05, 4.69) is 10.2 Å². The zero-order valence-corrected chi connectivity index (χ0v) is 16.8. The van der Waals surface area contributed by atoms with Gasteiger partial charge in [0.2, 0.25) is 0 Å². The van der Waals surface area contributed by atoms with E-state index in [1.807, 2.05) is 42.2 Å². The van der Waals surface area contributed by atoms with Crippen LogP contribution >= 0.6 is 11.6 Å². The number of aromatic nitrogens is 2. The second-order valence-electron chi connectivity index (χ2n) is 6.88. The average molecular weight is 412 g/mol. The van der Waals surface area contributed by atoms with Crippen molar-refractivity contribution in [1.82, 2.24) is 15.1 Å². The zero-order chi connectivity index (χ0) is 20.4. The van der Waals surface area contributed by atoms with Crippen molar-refractivity contribution in [3.63, 3.8) is 0 Å². The maximum Gasteiger partial charge on any atom is 0.273 e.